The molecule has 1 aromatic carbocycles. The Bertz CT molecular complexity index is 488. The summed E-state index contributed by atoms with van der Waals surface area (Å²) >= 11 is 0. The smallest absolute Gasteiger partial charge is 0.118 e. The van der Waals surface area contributed by atoms with Crippen molar-refractivity contribution in [2.75, 3.05) is 7.11 Å². The number of furan rings is 1. The third-order valence-electron chi connectivity index (χ3n) is 3.02. The number of ether oxygens (including phenoxy) is 1. The van der Waals surface area contributed by atoms with Crippen LogP contribution in [0, 0.1) is 0 Å². The second-order valence-electron chi connectivity index (χ2n) is 4.31. The summed E-state index contributed by atoms with van der Waals surface area (Å²) in [5, 5.41) is 3.47. The molecule has 0 aliphatic heterocycles. The highest BCUT2D eigenvalue weighted by atomic mass is 16.5. The number of hydrogen-bond acceptors (Lipinski definition) is 3. The molecule has 0 amide bonds. The molecule has 100 valence electrons. The van der Waals surface area contributed by atoms with E-state index in [1.807, 2.05) is 30.3 Å². The van der Waals surface area contributed by atoms with Crippen molar-refractivity contribution in [3.8, 4) is 5.75 Å². The van der Waals surface area contributed by atoms with Gasteiger partial charge >= 0.3 is 0 Å². The van der Waals surface area contributed by atoms with Gasteiger partial charge in [0.1, 0.15) is 11.5 Å². The average molecular weight is 257 g/mol. The van der Waals surface area contributed by atoms with Crippen LogP contribution in [0.4, 0.5) is 0 Å². The summed E-state index contributed by atoms with van der Waals surface area (Å²) in [5.74, 6) is 1.80. The monoisotopic (exact) mass is 257 g/mol. The van der Waals surface area contributed by atoms with E-state index in [9.17, 15) is 0 Å². The molecule has 0 unspecified atom stereocenters. The van der Waals surface area contributed by atoms with Gasteiger partial charge in [-0.1, -0.05) is 18.2 Å². The summed E-state index contributed by atoms with van der Waals surface area (Å²) in [6.45, 7) is 4.52. The summed E-state index contributed by atoms with van der Waals surface area (Å²) in [5.41, 5.74) is 1.22. The van der Waals surface area contributed by atoms with Crippen LogP contribution in [0.15, 0.2) is 59.7 Å². The maximum Gasteiger partial charge on any atom is 0.118 e. The highest BCUT2D eigenvalue weighted by Crippen LogP contribution is 2.21. The molecule has 1 atom stereocenters. The first-order valence-electron chi connectivity index (χ1n) is 6.34. The van der Waals surface area contributed by atoms with Crippen LogP contribution in [0.2, 0.25) is 0 Å². The Morgan fingerprint density at radius 2 is 2.11 bits per heavy atom. The zero-order valence-corrected chi connectivity index (χ0v) is 11.1. The number of rotatable bonds is 7. The van der Waals surface area contributed by atoms with E-state index in [4.69, 9.17) is 9.15 Å². The van der Waals surface area contributed by atoms with E-state index in [2.05, 4.69) is 24.0 Å². The van der Waals surface area contributed by atoms with Crippen molar-refractivity contribution in [3.05, 3.63) is 66.6 Å². The predicted octanol–water partition coefficient (Wildman–Crippen LogP) is 3.70. The fourth-order valence-corrected chi connectivity index (χ4v) is 1.98. The fraction of sp³-hybridized carbons (Fsp3) is 0.250. The summed E-state index contributed by atoms with van der Waals surface area (Å²) in [7, 11) is 1.67. The Labute approximate surface area is 113 Å². The Balaban J connectivity index is 2.03. The van der Waals surface area contributed by atoms with E-state index in [1.165, 1.54) is 5.56 Å². The molecule has 0 radical (unpaired) electrons. The van der Waals surface area contributed by atoms with E-state index in [1.54, 1.807) is 13.4 Å². The second kappa shape index (κ2) is 6.81. The van der Waals surface area contributed by atoms with E-state index < -0.39 is 0 Å². The number of benzene rings is 1. The van der Waals surface area contributed by atoms with Crippen molar-refractivity contribution in [3.63, 3.8) is 0 Å². The van der Waals surface area contributed by atoms with Crippen LogP contribution in [0.25, 0.3) is 0 Å². The van der Waals surface area contributed by atoms with Gasteiger partial charge in [0.15, 0.2) is 0 Å². The Kier molecular flexibility index (Phi) is 4.81. The first-order chi connectivity index (χ1) is 9.33. The third-order valence-corrected chi connectivity index (χ3v) is 3.02. The Hall–Kier alpha value is -2.00. The van der Waals surface area contributed by atoms with Gasteiger partial charge < -0.3 is 14.5 Å². The summed E-state index contributed by atoms with van der Waals surface area (Å²) in [6.07, 6.45) is 4.48. The minimum absolute atomic E-state index is 0.230. The van der Waals surface area contributed by atoms with Crippen molar-refractivity contribution < 1.29 is 9.15 Å². The van der Waals surface area contributed by atoms with E-state index in [0.29, 0.717) is 6.54 Å². The van der Waals surface area contributed by atoms with Gasteiger partial charge in [-0.25, -0.2) is 0 Å². The molecule has 3 heteroatoms. The quantitative estimate of drug-likeness (QED) is 0.768. The molecule has 0 bridgehead atoms. The zero-order valence-electron chi connectivity index (χ0n) is 11.1. The summed E-state index contributed by atoms with van der Waals surface area (Å²) < 4.78 is 10.5. The maximum atomic E-state index is 5.33. The average Bonchev–Trinajstić information content (AvgIpc) is 2.97. The van der Waals surface area contributed by atoms with Crippen molar-refractivity contribution in [2.45, 2.75) is 19.0 Å². The molecule has 2 rings (SSSR count). The Morgan fingerprint density at radius 3 is 2.68 bits per heavy atom. The van der Waals surface area contributed by atoms with Gasteiger partial charge in [0, 0.05) is 6.04 Å². The SMILES string of the molecule is C=CC[C@@H](NCc1ccco1)c1ccc(OC)cc1. The van der Waals surface area contributed by atoms with E-state index >= 15 is 0 Å². The number of nitrogens with one attached hydrogen (secondary N) is 1. The van der Waals surface area contributed by atoms with Gasteiger partial charge in [-0.05, 0) is 36.2 Å². The van der Waals surface area contributed by atoms with Crippen LogP contribution in [-0.4, -0.2) is 7.11 Å². The molecule has 0 saturated heterocycles. The lowest BCUT2D eigenvalue weighted by Gasteiger charge is -2.17. The van der Waals surface area contributed by atoms with E-state index in [-0.39, 0.29) is 6.04 Å². The van der Waals surface area contributed by atoms with Crippen molar-refractivity contribution in [2.24, 2.45) is 0 Å². The van der Waals surface area contributed by atoms with Crippen LogP contribution >= 0.6 is 0 Å². The maximum absolute atomic E-state index is 5.33. The molecular formula is C16H19NO2. The molecule has 3 nitrogen and oxygen atoms in total. The fourth-order valence-electron chi connectivity index (χ4n) is 1.98. The van der Waals surface area contributed by atoms with Crippen LogP contribution in [0.1, 0.15) is 23.8 Å². The predicted molar refractivity (Wildman–Crippen MR) is 76.1 cm³/mol. The van der Waals surface area contributed by atoms with Crippen LogP contribution in [0.3, 0.4) is 0 Å². The molecule has 0 saturated carbocycles. The van der Waals surface area contributed by atoms with Crippen LogP contribution < -0.4 is 10.1 Å². The highest BCUT2D eigenvalue weighted by Gasteiger charge is 2.10. The molecule has 0 spiro atoms. The molecule has 1 aromatic heterocycles. The minimum atomic E-state index is 0.230. The molecule has 0 aliphatic carbocycles. The Morgan fingerprint density at radius 1 is 1.32 bits per heavy atom. The normalized spacial score (nSPS) is 12.1. The largest absolute Gasteiger partial charge is 0.497 e. The third kappa shape index (κ3) is 3.73. The lowest BCUT2D eigenvalue weighted by Crippen LogP contribution is -2.20. The van der Waals surface area contributed by atoms with Gasteiger partial charge in [0.2, 0.25) is 0 Å². The van der Waals surface area contributed by atoms with Gasteiger partial charge in [-0.3, -0.25) is 0 Å². The first-order valence-corrected chi connectivity index (χ1v) is 6.34. The van der Waals surface area contributed by atoms with Gasteiger partial charge in [0.05, 0.1) is 19.9 Å². The minimum Gasteiger partial charge on any atom is -0.497 e. The molecule has 0 fully saturated rings. The molecule has 1 heterocycles. The van der Waals surface area contributed by atoms with Crippen LogP contribution in [0.5, 0.6) is 5.75 Å². The van der Waals surface area contributed by atoms with Crippen molar-refractivity contribution in [1.29, 1.82) is 0 Å². The highest BCUT2D eigenvalue weighted by molar-refractivity contribution is 5.29. The molecule has 2 aromatic rings. The van der Waals surface area contributed by atoms with Gasteiger partial charge in [-0.15, -0.1) is 6.58 Å². The van der Waals surface area contributed by atoms with Crippen molar-refractivity contribution in [1.82, 2.24) is 5.32 Å². The number of hydrogen-bond donors (Lipinski definition) is 1. The van der Waals surface area contributed by atoms with E-state index in [0.717, 1.165) is 17.9 Å². The molecule has 0 aliphatic rings. The molecule has 19 heavy (non-hydrogen) atoms. The standard InChI is InChI=1S/C16H19NO2/c1-3-5-16(17-12-15-6-4-11-19-15)13-7-9-14(18-2)10-8-13/h3-4,6-11,16-17H,1,5,12H2,2H3/t16-/m1/s1. The molecule has 1 N–H and O–H groups in total. The zero-order chi connectivity index (χ0) is 13.5. The summed E-state index contributed by atoms with van der Waals surface area (Å²) in [6, 6.07) is 12.2. The second-order valence-corrected chi connectivity index (χ2v) is 4.31. The summed E-state index contributed by atoms with van der Waals surface area (Å²) in [4.78, 5) is 0. The number of methoxy groups -OCH3 is 1. The van der Waals surface area contributed by atoms with Crippen molar-refractivity contribution >= 4 is 0 Å². The van der Waals surface area contributed by atoms with Gasteiger partial charge in [-0.2, -0.15) is 0 Å². The lowest BCUT2D eigenvalue weighted by molar-refractivity contribution is 0.414. The topological polar surface area (TPSA) is 34.4 Å². The van der Waals surface area contributed by atoms with Crippen LogP contribution in [-0.2, 0) is 6.54 Å². The van der Waals surface area contributed by atoms with Gasteiger partial charge in [0.25, 0.3) is 0 Å². The molecular weight excluding hydrogens is 238 g/mol. The first kappa shape index (κ1) is 13.4. The lowest BCUT2D eigenvalue weighted by atomic mass is 10.0.